The highest BCUT2D eigenvalue weighted by Crippen LogP contribution is 2.32. The number of hydrogen-bond donors (Lipinski definition) is 1. The van der Waals surface area contributed by atoms with Gasteiger partial charge in [-0.15, -0.1) is 11.3 Å². The number of benzene rings is 2. The molecule has 0 saturated carbocycles. The van der Waals surface area contributed by atoms with Gasteiger partial charge in [0.25, 0.3) is 0 Å². The van der Waals surface area contributed by atoms with Gasteiger partial charge in [0.05, 0.1) is 5.69 Å². The summed E-state index contributed by atoms with van der Waals surface area (Å²) in [4.78, 5) is 4.59. The molecule has 0 bridgehead atoms. The molecule has 1 N–H and O–H groups in total. The third-order valence-corrected chi connectivity index (χ3v) is 4.00. The fourth-order valence-corrected chi connectivity index (χ4v) is 2.86. The van der Waals surface area contributed by atoms with Crippen molar-refractivity contribution in [2.75, 3.05) is 12.4 Å². The molecule has 0 saturated heterocycles. The molecule has 0 amide bonds. The molecule has 90 valence electrons. The molecule has 0 spiro atoms. The predicted octanol–water partition coefficient (Wildman–Crippen LogP) is 4.31. The van der Waals surface area contributed by atoms with Crippen molar-refractivity contribution < 1.29 is 0 Å². The van der Waals surface area contributed by atoms with E-state index in [1.807, 2.05) is 7.05 Å². The fraction of sp³-hybridized carbons (Fsp3) is 0.133. The highest BCUT2D eigenvalue weighted by Gasteiger charge is 2.08. The summed E-state index contributed by atoms with van der Waals surface area (Å²) in [5.74, 6) is 0. The highest BCUT2D eigenvalue weighted by atomic mass is 32.1. The van der Waals surface area contributed by atoms with Gasteiger partial charge in [0, 0.05) is 18.0 Å². The smallest absolute Gasteiger partial charge is 0.182 e. The van der Waals surface area contributed by atoms with Crippen LogP contribution in [0.3, 0.4) is 0 Å². The molecular weight excluding hydrogens is 240 g/mol. The van der Waals surface area contributed by atoms with E-state index in [1.54, 1.807) is 11.3 Å². The lowest BCUT2D eigenvalue weighted by molar-refractivity contribution is 1.36. The van der Waals surface area contributed by atoms with E-state index >= 15 is 0 Å². The molecule has 1 heterocycles. The molecule has 3 heteroatoms. The number of aryl methyl sites for hydroxylation is 1. The van der Waals surface area contributed by atoms with Gasteiger partial charge in [-0.05, 0) is 23.3 Å². The van der Waals surface area contributed by atoms with Crippen molar-refractivity contribution >= 4 is 27.2 Å². The zero-order valence-electron chi connectivity index (χ0n) is 10.4. The van der Waals surface area contributed by atoms with E-state index in [4.69, 9.17) is 0 Å². The molecule has 2 nitrogen and oxygen atoms in total. The summed E-state index contributed by atoms with van der Waals surface area (Å²) >= 11 is 1.63. The minimum atomic E-state index is 0.953. The molecular formula is C15H14N2S. The molecule has 3 aromatic rings. The Morgan fingerprint density at radius 2 is 1.83 bits per heavy atom. The van der Waals surface area contributed by atoms with E-state index < -0.39 is 0 Å². The van der Waals surface area contributed by atoms with Gasteiger partial charge in [0.1, 0.15) is 0 Å². The first-order chi connectivity index (χ1) is 8.79. The molecule has 18 heavy (non-hydrogen) atoms. The van der Waals surface area contributed by atoms with Crippen LogP contribution in [0.1, 0.15) is 5.56 Å². The first-order valence-electron chi connectivity index (χ1n) is 5.91. The van der Waals surface area contributed by atoms with E-state index in [9.17, 15) is 0 Å². The van der Waals surface area contributed by atoms with Crippen LogP contribution in [0, 0.1) is 6.92 Å². The van der Waals surface area contributed by atoms with Gasteiger partial charge in [0.15, 0.2) is 5.13 Å². The van der Waals surface area contributed by atoms with Gasteiger partial charge in [0.2, 0.25) is 0 Å². The molecule has 1 aromatic heterocycles. The Hall–Kier alpha value is -1.87. The Bertz CT molecular complexity index is 701. The molecule has 0 unspecified atom stereocenters. The average molecular weight is 254 g/mol. The van der Waals surface area contributed by atoms with Crippen LogP contribution in [-0.2, 0) is 0 Å². The number of fused-ring (bicyclic) bond motifs is 1. The summed E-state index contributed by atoms with van der Waals surface area (Å²) in [5.41, 5.74) is 3.55. The Morgan fingerprint density at radius 1 is 1.06 bits per heavy atom. The first kappa shape index (κ1) is 11.2. The Morgan fingerprint density at radius 3 is 2.56 bits per heavy atom. The standard InChI is InChI=1S/C15H14N2S/c1-10-7-8-13(12-6-4-3-5-11(10)12)14-9-18-15(16-2)17-14/h3-9H,1-2H3,(H,16,17). The lowest BCUT2D eigenvalue weighted by Gasteiger charge is -2.06. The average Bonchev–Trinajstić information content (AvgIpc) is 2.88. The molecule has 0 fully saturated rings. The largest absolute Gasteiger partial charge is 0.365 e. The normalized spacial score (nSPS) is 10.8. The van der Waals surface area contributed by atoms with Crippen LogP contribution in [-0.4, -0.2) is 12.0 Å². The van der Waals surface area contributed by atoms with Crippen molar-refractivity contribution in [1.82, 2.24) is 4.98 Å². The van der Waals surface area contributed by atoms with E-state index in [0.717, 1.165) is 10.8 Å². The summed E-state index contributed by atoms with van der Waals surface area (Å²) in [6, 6.07) is 12.8. The predicted molar refractivity (Wildman–Crippen MR) is 79.3 cm³/mol. The fourth-order valence-electron chi connectivity index (χ4n) is 2.19. The maximum Gasteiger partial charge on any atom is 0.182 e. The second kappa shape index (κ2) is 4.42. The van der Waals surface area contributed by atoms with Crippen molar-refractivity contribution in [1.29, 1.82) is 0 Å². The maximum atomic E-state index is 4.59. The van der Waals surface area contributed by atoms with Crippen molar-refractivity contribution in [2.45, 2.75) is 6.92 Å². The molecule has 0 aliphatic rings. The van der Waals surface area contributed by atoms with Crippen LogP contribution < -0.4 is 5.32 Å². The maximum absolute atomic E-state index is 4.59. The number of hydrogen-bond acceptors (Lipinski definition) is 3. The van der Waals surface area contributed by atoms with Crippen LogP contribution in [0.2, 0.25) is 0 Å². The van der Waals surface area contributed by atoms with Crippen LogP contribution in [0.5, 0.6) is 0 Å². The topological polar surface area (TPSA) is 24.9 Å². The highest BCUT2D eigenvalue weighted by molar-refractivity contribution is 7.14. The number of anilines is 1. The van der Waals surface area contributed by atoms with Gasteiger partial charge in [-0.2, -0.15) is 0 Å². The Balaban J connectivity index is 2.26. The summed E-state index contributed by atoms with van der Waals surface area (Å²) in [6.07, 6.45) is 0. The monoisotopic (exact) mass is 254 g/mol. The number of nitrogens with zero attached hydrogens (tertiary/aromatic N) is 1. The van der Waals surface area contributed by atoms with Crippen LogP contribution in [0.25, 0.3) is 22.0 Å². The van der Waals surface area contributed by atoms with E-state index in [2.05, 4.69) is 59.0 Å². The minimum absolute atomic E-state index is 0.953. The van der Waals surface area contributed by atoms with Crippen LogP contribution >= 0.6 is 11.3 Å². The van der Waals surface area contributed by atoms with Crippen molar-refractivity contribution in [3.63, 3.8) is 0 Å². The summed E-state index contributed by atoms with van der Waals surface area (Å²) in [7, 11) is 1.90. The van der Waals surface area contributed by atoms with Crippen molar-refractivity contribution in [3.05, 3.63) is 47.3 Å². The number of nitrogens with one attached hydrogen (secondary N) is 1. The number of thiazole rings is 1. The summed E-state index contributed by atoms with van der Waals surface area (Å²) in [5, 5.41) is 8.71. The zero-order valence-corrected chi connectivity index (χ0v) is 11.2. The quantitative estimate of drug-likeness (QED) is 0.737. The zero-order chi connectivity index (χ0) is 12.5. The van der Waals surface area contributed by atoms with Crippen LogP contribution in [0.4, 0.5) is 5.13 Å². The second-order valence-electron chi connectivity index (χ2n) is 4.26. The second-order valence-corrected chi connectivity index (χ2v) is 5.12. The molecule has 3 rings (SSSR count). The SMILES string of the molecule is CNc1nc(-c2ccc(C)c3ccccc23)cs1. The van der Waals surface area contributed by atoms with Crippen molar-refractivity contribution in [2.24, 2.45) is 0 Å². The molecule has 0 radical (unpaired) electrons. The number of rotatable bonds is 2. The molecule has 0 atom stereocenters. The van der Waals surface area contributed by atoms with Gasteiger partial charge in [-0.3, -0.25) is 0 Å². The molecule has 0 aliphatic heterocycles. The van der Waals surface area contributed by atoms with E-state index in [-0.39, 0.29) is 0 Å². The third-order valence-electron chi connectivity index (χ3n) is 3.14. The molecule has 2 aromatic carbocycles. The number of aromatic nitrogens is 1. The lowest BCUT2D eigenvalue weighted by Crippen LogP contribution is -1.87. The first-order valence-corrected chi connectivity index (χ1v) is 6.79. The molecule has 0 aliphatic carbocycles. The van der Waals surface area contributed by atoms with Gasteiger partial charge in [-0.25, -0.2) is 4.98 Å². The minimum Gasteiger partial charge on any atom is -0.365 e. The van der Waals surface area contributed by atoms with E-state index in [0.29, 0.717) is 0 Å². The Labute approximate surface area is 110 Å². The van der Waals surface area contributed by atoms with Gasteiger partial charge in [-0.1, -0.05) is 36.4 Å². The third kappa shape index (κ3) is 1.77. The van der Waals surface area contributed by atoms with Crippen molar-refractivity contribution in [3.8, 4) is 11.3 Å². The summed E-state index contributed by atoms with van der Waals surface area (Å²) < 4.78 is 0. The van der Waals surface area contributed by atoms with E-state index in [1.165, 1.54) is 21.9 Å². The lowest BCUT2D eigenvalue weighted by atomic mass is 9.99. The Kier molecular flexibility index (Phi) is 2.76. The van der Waals surface area contributed by atoms with Gasteiger partial charge >= 0.3 is 0 Å². The summed E-state index contributed by atoms with van der Waals surface area (Å²) in [6.45, 7) is 2.15. The van der Waals surface area contributed by atoms with Gasteiger partial charge < -0.3 is 5.32 Å². The van der Waals surface area contributed by atoms with Crippen LogP contribution in [0.15, 0.2) is 41.8 Å².